The largest absolute Gasteiger partial charge is 0.416 e. The Morgan fingerprint density at radius 3 is 2.23 bits per heavy atom. The maximum Gasteiger partial charge on any atom is 0.416 e. The van der Waals surface area contributed by atoms with E-state index in [4.69, 9.17) is 0 Å². The molecule has 2 aromatic carbocycles. The Balaban J connectivity index is 1.46. The SMILES string of the molecule is Cc1cc(S(=O)(=O)NC(CO)(CO)CO)ccc1C=CS(=O)(=O)N1CCC2(CC1)N=C(c1cccc(C(F)(F)F)c1)NC2=O. The summed E-state index contributed by atoms with van der Waals surface area (Å²) in [4.78, 5) is 17.0. The Morgan fingerprint density at radius 2 is 1.66 bits per heavy atom. The highest BCUT2D eigenvalue weighted by molar-refractivity contribution is 7.92. The van der Waals surface area contributed by atoms with Gasteiger partial charge in [-0.1, -0.05) is 18.2 Å². The van der Waals surface area contributed by atoms with Crippen LogP contribution in [0.5, 0.6) is 0 Å². The van der Waals surface area contributed by atoms with E-state index >= 15 is 0 Å². The minimum Gasteiger partial charge on any atom is -0.394 e. The maximum atomic E-state index is 13.1. The van der Waals surface area contributed by atoms with Gasteiger partial charge in [0.1, 0.15) is 16.9 Å². The van der Waals surface area contributed by atoms with Crippen LogP contribution in [0.15, 0.2) is 57.8 Å². The number of hydrogen-bond acceptors (Lipinski definition) is 9. The summed E-state index contributed by atoms with van der Waals surface area (Å²) in [6.45, 7) is -1.19. The molecule has 0 aliphatic carbocycles. The molecule has 0 bridgehead atoms. The number of sulfonamides is 2. The van der Waals surface area contributed by atoms with Gasteiger partial charge in [0.15, 0.2) is 0 Å². The number of hydrogen-bond donors (Lipinski definition) is 5. The van der Waals surface area contributed by atoms with Crippen LogP contribution in [0, 0.1) is 6.92 Å². The molecule has 17 heteroatoms. The highest BCUT2D eigenvalue weighted by Gasteiger charge is 2.47. The molecule has 2 aliphatic heterocycles. The van der Waals surface area contributed by atoms with Crippen LogP contribution in [0.25, 0.3) is 6.08 Å². The molecule has 0 aromatic heterocycles. The fraction of sp³-hybridized carbons (Fsp3) is 0.407. The molecule has 1 amide bonds. The van der Waals surface area contributed by atoms with E-state index in [9.17, 15) is 50.1 Å². The molecule has 12 nitrogen and oxygen atoms in total. The number of aryl methyl sites for hydroxylation is 1. The average Bonchev–Trinajstić information content (AvgIpc) is 3.30. The predicted molar refractivity (Wildman–Crippen MR) is 153 cm³/mol. The topological polar surface area (TPSA) is 186 Å². The molecule has 0 atom stereocenters. The van der Waals surface area contributed by atoms with Crippen LogP contribution in [0.2, 0.25) is 0 Å². The summed E-state index contributed by atoms with van der Waals surface area (Å²) in [7, 11) is -8.26. The second kappa shape index (κ2) is 12.3. The first kappa shape index (κ1) is 33.7. The summed E-state index contributed by atoms with van der Waals surface area (Å²) in [5, 5.41) is 31.8. The third-order valence-electron chi connectivity index (χ3n) is 7.58. The number of aliphatic imine (C=N–C) groups is 1. The van der Waals surface area contributed by atoms with Gasteiger partial charge in [-0.15, -0.1) is 0 Å². The van der Waals surface area contributed by atoms with Gasteiger partial charge in [0, 0.05) is 24.1 Å². The molecule has 1 fully saturated rings. The Hall–Kier alpha value is -3.19. The van der Waals surface area contributed by atoms with Crippen molar-refractivity contribution in [3.8, 4) is 0 Å². The second-order valence-electron chi connectivity index (χ2n) is 10.6. The van der Waals surface area contributed by atoms with Gasteiger partial charge in [-0.05, 0) is 61.2 Å². The van der Waals surface area contributed by atoms with Gasteiger partial charge in [0.2, 0.25) is 20.0 Å². The van der Waals surface area contributed by atoms with Crippen molar-refractivity contribution in [2.75, 3.05) is 32.9 Å². The lowest BCUT2D eigenvalue weighted by Gasteiger charge is -2.34. The summed E-state index contributed by atoms with van der Waals surface area (Å²) < 4.78 is 94.3. The van der Waals surface area contributed by atoms with E-state index in [1.165, 1.54) is 36.4 Å². The first-order valence-corrected chi connectivity index (χ1v) is 16.2. The number of alkyl halides is 3. The molecular formula is C27H31F3N4O8S2. The van der Waals surface area contributed by atoms with Gasteiger partial charge in [-0.3, -0.25) is 9.79 Å². The number of halogens is 3. The number of carbonyl (C=O) groups is 1. The molecule has 4 rings (SSSR count). The van der Waals surface area contributed by atoms with Crippen LogP contribution >= 0.6 is 0 Å². The lowest BCUT2D eigenvalue weighted by Crippen LogP contribution is -2.56. The zero-order valence-electron chi connectivity index (χ0n) is 23.4. The molecule has 1 saturated heterocycles. The molecule has 2 aromatic rings. The number of aliphatic hydroxyl groups excluding tert-OH is 3. The lowest BCUT2D eigenvalue weighted by atomic mass is 9.89. The van der Waals surface area contributed by atoms with Crippen LogP contribution in [-0.4, -0.2) is 92.2 Å². The summed E-state index contributed by atoms with van der Waals surface area (Å²) in [5.74, 6) is -0.532. The Morgan fingerprint density at radius 1 is 1.02 bits per heavy atom. The Labute approximate surface area is 252 Å². The first-order valence-electron chi connectivity index (χ1n) is 13.2. The summed E-state index contributed by atoms with van der Waals surface area (Å²) in [6.07, 6.45) is -3.29. The van der Waals surface area contributed by atoms with Crippen molar-refractivity contribution in [1.82, 2.24) is 14.3 Å². The Bertz CT molecular complexity index is 1690. The number of nitrogens with one attached hydrogen (secondary N) is 2. The van der Waals surface area contributed by atoms with Gasteiger partial charge in [-0.25, -0.2) is 16.8 Å². The number of rotatable bonds is 10. The molecule has 1 spiro atoms. The van der Waals surface area contributed by atoms with Crippen LogP contribution in [0.3, 0.4) is 0 Å². The van der Waals surface area contributed by atoms with Crippen LogP contribution < -0.4 is 10.0 Å². The first-order chi connectivity index (χ1) is 20.5. The highest BCUT2D eigenvalue weighted by Crippen LogP contribution is 2.34. The van der Waals surface area contributed by atoms with E-state index in [1.807, 2.05) is 0 Å². The van der Waals surface area contributed by atoms with Crippen molar-refractivity contribution in [3.63, 3.8) is 0 Å². The summed E-state index contributed by atoms with van der Waals surface area (Å²) >= 11 is 0. The average molecular weight is 661 g/mol. The summed E-state index contributed by atoms with van der Waals surface area (Å²) in [5.41, 5.74) is -3.23. The number of amides is 1. The molecular weight excluding hydrogens is 629 g/mol. The quantitative estimate of drug-likeness (QED) is 0.247. The van der Waals surface area contributed by atoms with Gasteiger partial charge >= 0.3 is 6.18 Å². The molecule has 0 saturated carbocycles. The van der Waals surface area contributed by atoms with E-state index in [2.05, 4.69) is 15.0 Å². The standard InChI is InChI=1S/C27H31F3N4O8S2/c1-18-13-22(44(41,42)33-25(15-35,16-36)17-37)6-5-19(18)7-12-43(39,40)34-10-8-26(9-11-34)24(38)31-23(32-26)20-3-2-4-21(14-20)27(28,29)30/h2-7,12-14,33,35-37H,8-11,15-17H2,1H3,(H,31,32,38). The van der Waals surface area contributed by atoms with Crippen LogP contribution in [0.4, 0.5) is 13.2 Å². The number of carbonyl (C=O) groups excluding carboxylic acids is 1. The zero-order valence-corrected chi connectivity index (χ0v) is 25.0. The monoisotopic (exact) mass is 660 g/mol. The molecule has 44 heavy (non-hydrogen) atoms. The minimum atomic E-state index is -4.58. The van der Waals surface area contributed by atoms with Gasteiger partial charge in [-0.2, -0.15) is 22.2 Å². The van der Waals surface area contributed by atoms with E-state index in [-0.39, 0.29) is 42.2 Å². The van der Waals surface area contributed by atoms with Gasteiger partial charge in [0.05, 0.1) is 30.3 Å². The molecule has 0 unspecified atom stereocenters. The number of aliphatic hydroxyl groups is 3. The second-order valence-corrected chi connectivity index (χ2v) is 14.2. The molecule has 2 heterocycles. The van der Waals surface area contributed by atoms with Crippen molar-refractivity contribution in [3.05, 3.63) is 70.1 Å². The zero-order chi connectivity index (χ0) is 32.6. The van der Waals surface area contributed by atoms with E-state index in [0.717, 1.165) is 21.8 Å². The van der Waals surface area contributed by atoms with Crippen LogP contribution in [0.1, 0.15) is 35.1 Å². The van der Waals surface area contributed by atoms with Gasteiger partial charge in [0.25, 0.3) is 5.91 Å². The Kier molecular flexibility index (Phi) is 9.42. The fourth-order valence-corrected chi connectivity index (χ4v) is 7.43. The molecule has 240 valence electrons. The van der Waals surface area contributed by atoms with Crippen molar-refractivity contribution < 1.29 is 50.1 Å². The minimum absolute atomic E-state index is 0.00393. The number of nitrogens with zero attached hydrogens (tertiary/aromatic N) is 2. The summed E-state index contributed by atoms with van der Waals surface area (Å²) in [6, 6.07) is 8.21. The van der Waals surface area contributed by atoms with Crippen LogP contribution in [-0.2, 0) is 31.0 Å². The number of piperidine rings is 1. The smallest absolute Gasteiger partial charge is 0.394 e. The van der Waals surface area contributed by atoms with Crippen molar-refractivity contribution in [2.24, 2.45) is 4.99 Å². The molecule has 5 N–H and O–H groups in total. The van der Waals surface area contributed by atoms with E-state index in [1.54, 1.807) is 6.92 Å². The maximum absolute atomic E-state index is 13.1. The molecule has 0 radical (unpaired) electrons. The van der Waals surface area contributed by atoms with E-state index < -0.39 is 68.6 Å². The third-order valence-corrected chi connectivity index (χ3v) is 10.7. The van der Waals surface area contributed by atoms with Crippen molar-refractivity contribution in [2.45, 2.75) is 41.9 Å². The van der Waals surface area contributed by atoms with Gasteiger partial charge < -0.3 is 20.6 Å². The van der Waals surface area contributed by atoms with E-state index in [0.29, 0.717) is 11.1 Å². The van der Waals surface area contributed by atoms with Crippen molar-refractivity contribution >= 4 is 37.9 Å². The normalized spacial score (nSPS) is 18.2. The lowest BCUT2D eigenvalue weighted by molar-refractivity contribution is -0.137. The fourth-order valence-electron chi connectivity index (χ4n) is 4.78. The number of amidine groups is 1. The third kappa shape index (κ3) is 6.88. The predicted octanol–water partition coefficient (Wildman–Crippen LogP) is 0.720. The highest BCUT2D eigenvalue weighted by atomic mass is 32.2. The van der Waals surface area contributed by atoms with Crippen molar-refractivity contribution in [1.29, 1.82) is 0 Å². The number of benzene rings is 2. The molecule has 2 aliphatic rings.